The summed E-state index contributed by atoms with van der Waals surface area (Å²) in [4.78, 5) is 7.57. The second-order valence-electron chi connectivity index (χ2n) is 10.3. The van der Waals surface area contributed by atoms with Gasteiger partial charge in [-0.2, -0.15) is 79.0 Å². The molecule has 1 heterocycles. The van der Waals surface area contributed by atoms with E-state index in [2.05, 4.69) is 9.97 Å². The highest BCUT2D eigenvalue weighted by atomic mass is 19.4. The average molecular weight is 716 g/mol. The Labute approximate surface area is 252 Å². The Hall–Kier alpha value is -4.26. The summed E-state index contributed by atoms with van der Waals surface area (Å²) in [6, 6.07) is 9.59. The van der Waals surface area contributed by atoms with Crippen molar-refractivity contribution in [1.82, 2.24) is 9.97 Å². The molecule has 0 aliphatic heterocycles. The van der Waals surface area contributed by atoms with Gasteiger partial charge in [0, 0.05) is 21.9 Å². The third-order valence-electron chi connectivity index (χ3n) is 7.42. The molecule has 0 N–H and O–H groups in total. The van der Waals surface area contributed by atoms with Crippen LogP contribution >= 0.6 is 0 Å². The maximum absolute atomic E-state index is 15.2. The highest BCUT2D eigenvalue weighted by Gasteiger charge is 2.85. The Bertz CT molecular complexity index is 1930. The Morgan fingerprint density at radius 3 is 0.896 bits per heavy atom. The maximum atomic E-state index is 15.2. The second kappa shape index (κ2) is 10.1. The molecule has 1 aromatic heterocycles. The van der Waals surface area contributed by atoms with Gasteiger partial charge in [0.05, 0.1) is 22.1 Å². The molecule has 5 rings (SSSR count). The van der Waals surface area contributed by atoms with Crippen LogP contribution in [0.3, 0.4) is 0 Å². The smallest absolute Gasteiger partial charge is 0.244 e. The van der Waals surface area contributed by atoms with Crippen molar-refractivity contribution in [3.05, 3.63) is 71.8 Å². The molecule has 0 spiro atoms. The Morgan fingerprint density at radius 2 is 0.625 bits per heavy atom. The van der Waals surface area contributed by atoms with Crippen molar-refractivity contribution in [1.29, 1.82) is 0 Å². The molecule has 2 nitrogen and oxygen atoms in total. The number of benzene rings is 4. The number of alkyl halides is 18. The third-order valence-corrected chi connectivity index (χ3v) is 7.42. The maximum Gasteiger partial charge on any atom is 0.460 e. The molecule has 0 aliphatic carbocycles. The first-order valence-electron chi connectivity index (χ1n) is 12.6. The van der Waals surface area contributed by atoms with Crippen LogP contribution in [0.1, 0.15) is 11.1 Å². The first-order valence-corrected chi connectivity index (χ1v) is 12.6. The molecule has 0 atom stereocenters. The van der Waals surface area contributed by atoms with Crippen LogP contribution in [0.15, 0.2) is 60.7 Å². The molecule has 0 radical (unpaired) electrons. The molecule has 0 saturated carbocycles. The van der Waals surface area contributed by atoms with Crippen LogP contribution in [0.4, 0.5) is 79.0 Å². The van der Waals surface area contributed by atoms with Crippen LogP contribution < -0.4 is 0 Å². The van der Waals surface area contributed by atoms with Gasteiger partial charge >= 0.3 is 47.9 Å². The van der Waals surface area contributed by atoms with Crippen LogP contribution in [-0.4, -0.2) is 46.0 Å². The van der Waals surface area contributed by atoms with Gasteiger partial charge in [-0.1, -0.05) is 48.5 Å². The third kappa shape index (κ3) is 4.52. The zero-order valence-corrected chi connectivity index (χ0v) is 22.5. The summed E-state index contributed by atoms with van der Waals surface area (Å²) in [5.41, 5.74) is -10.7. The number of nitrogens with zero attached hydrogens (tertiary/aromatic N) is 2. The predicted molar refractivity (Wildman–Crippen MR) is 132 cm³/mol. The van der Waals surface area contributed by atoms with Crippen LogP contribution in [0.2, 0.25) is 0 Å². The number of halogens is 18. The van der Waals surface area contributed by atoms with Crippen LogP contribution in [-0.2, 0) is 11.8 Å². The van der Waals surface area contributed by atoms with Crippen LogP contribution in [0.25, 0.3) is 43.6 Å². The summed E-state index contributed by atoms with van der Waals surface area (Å²) in [5, 5.41) is 0.781. The fraction of sp³-hybridized carbons (Fsp3) is 0.286. The Morgan fingerprint density at radius 1 is 0.354 bits per heavy atom. The van der Waals surface area contributed by atoms with Crippen molar-refractivity contribution < 1.29 is 79.0 Å². The molecule has 5 aromatic rings. The zero-order valence-electron chi connectivity index (χ0n) is 22.5. The molecule has 0 unspecified atom stereocenters. The van der Waals surface area contributed by atoms with Crippen molar-refractivity contribution >= 4 is 43.6 Å². The molecule has 20 heteroatoms. The van der Waals surface area contributed by atoms with Gasteiger partial charge in [0.2, 0.25) is 0 Å². The van der Waals surface area contributed by atoms with Gasteiger partial charge in [0.25, 0.3) is 0 Å². The van der Waals surface area contributed by atoms with Gasteiger partial charge in [-0.15, -0.1) is 0 Å². The second-order valence-corrected chi connectivity index (χ2v) is 10.3. The summed E-state index contributed by atoms with van der Waals surface area (Å²) in [6.45, 7) is 0. The molecule has 0 fully saturated rings. The Kier molecular flexibility index (Phi) is 7.40. The van der Waals surface area contributed by atoms with E-state index in [1.807, 2.05) is 0 Å². The minimum atomic E-state index is -7.86. The average Bonchev–Trinajstić information content (AvgIpc) is 2.98. The van der Waals surface area contributed by atoms with Gasteiger partial charge in [0.1, 0.15) is 0 Å². The van der Waals surface area contributed by atoms with Crippen molar-refractivity contribution in [2.45, 2.75) is 47.9 Å². The minimum Gasteiger partial charge on any atom is -0.244 e. The van der Waals surface area contributed by atoms with Crippen LogP contribution in [0, 0.1) is 0 Å². The molecule has 0 saturated heterocycles. The highest BCUT2D eigenvalue weighted by Crippen LogP contribution is 2.62. The number of fused-ring (bicyclic) bond motifs is 7. The summed E-state index contributed by atoms with van der Waals surface area (Å²) < 4.78 is 251. The number of hydrogen-bond acceptors (Lipinski definition) is 2. The van der Waals surface area contributed by atoms with Gasteiger partial charge in [-0.25, -0.2) is 9.97 Å². The predicted octanol–water partition coefficient (Wildman–Crippen LogP) is 10.9. The van der Waals surface area contributed by atoms with E-state index in [0.717, 1.165) is 0 Å². The van der Waals surface area contributed by atoms with Gasteiger partial charge < -0.3 is 0 Å². The standard InChI is InChI=1S/C28H10F18N2/c29-21(30,23(33,34)25(37,38)27(41,42)43)15-9-17-18(10-16(15)22(31,32)24(35,36)26(39,40)28(44,45)46)48-20-14-8-4-2-6-12(14)11-5-1-3-7-13(11)19(20)47-17/h1-10H. The van der Waals surface area contributed by atoms with E-state index in [1.165, 1.54) is 48.5 Å². The van der Waals surface area contributed by atoms with Crippen molar-refractivity contribution in [3.8, 4) is 0 Å². The molecular formula is C28H10F18N2. The first kappa shape index (κ1) is 35.1. The topological polar surface area (TPSA) is 25.8 Å². The van der Waals surface area contributed by atoms with Crippen molar-refractivity contribution in [2.75, 3.05) is 0 Å². The van der Waals surface area contributed by atoms with E-state index >= 15 is 17.6 Å². The molecule has 258 valence electrons. The zero-order chi connectivity index (χ0) is 36.3. The minimum absolute atomic E-state index is 0.0635. The number of rotatable bonds is 6. The lowest BCUT2D eigenvalue weighted by molar-refractivity contribution is -0.404. The molecular weight excluding hydrogens is 706 g/mol. The van der Waals surface area contributed by atoms with E-state index < -0.39 is 82.2 Å². The molecule has 0 aliphatic rings. The summed E-state index contributed by atoms with van der Waals surface area (Å²) >= 11 is 0. The van der Waals surface area contributed by atoms with Crippen molar-refractivity contribution in [2.24, 2.45) is 0 Å². The number of hydrogen-bond donors (Lipinski definition) is 0. The van der Waals surface area contributed by atoms with Gasteiger partial charge in [-0.3, -0.25) is 0 Å². The fourth-order valence-corrected chi connectivity index (χ4v) is 4.94. The van der Waals surface area contributed by atoms with E-state index in [0.29, 0.717) is 10.8 Å². The number of aromatic nitrogens is 2. The molecule has 4 aromatic carbocycles. The lowest BCUT2D eigenvalue weighted by Crippen LogP contribution is -2.61. The monoisotopic (exact) mass is 716 g/mol. The van der Waals surface area contributed by atoms with E-state index in [9.17, 15) is 61.5 Å². The SMILES string of the molecule is FC(F)(F)C(F)(F)C(F)(F)C(F)(F)c1cc2nc3c4ccccc4c4ccccc4c3nc2cc1C(F)(F)C(F)(F)C(F)(F)C(F)(F)F. The molecule has 0 amide bonds. The lowest BCUT2D eigenvalue weighted by atomic mass is 9.86. The summed E-state index contributed by atoms with van der Waals surface area (Å²) in [7, 11) is 0. The Balaban J connectivity index is 1.96. The van der Waals surface area contributed by atoms with E-state index in [1.54, 1.807) is 0 Å². The van der Waals surface area contributed by atoms with E-state index in [-0.39, 0.29) is 21.8 Å². The first-order chi connectivity index (χ1) is 21.6. The molecule has 0 bridgehead atoms. The van der Waals surface area contributed by atoms with Gasteiger partial charge in [-0.05, 0) is 22.9 Å². The summed E-state index contributed by atoms with van der Waals surface area (Å²) in [6.07, 6.45) is -15.1. The highest BCUT2D eigenvalue weighted by molar-refractivity contribution is 6.23. The van der Waals surface area contributed by atoms with Crippen LogP contribution in [0.5, 0.6) is 0 Å². The quantitative estimate of drug-likeness (QED) is 0.0994. The normalized spacial score (nSPS) is 14.9. The lowest BCUT2D eigenvalue weighted by Gasteiger charge is -2.37. The largest absolute Gasteiger partial charge is 0.460 e. The van der Waals surface area contributed by atoms with Gasteiger partial charge in [0.15, 0.2) is 0 Å². The fourth-order valence-electron chi connectivity index (χ4n) is 4.94. The van der Waals surface area contributed by atoms with Crippen molar-refractivity contribution in [3.63, 3.8) is 0 Å². The van der Waals surface area contributed by atoms with E-state index in [4.69, 9.17) is 0 Å². The molecule has 48 heavy (non-hydrogen) atoms. The summed E-state index contributed by atoms with van der Waals surface area (Å²) in [5.74, 6) is -46.0.